The van der Waals surface area contributed by atoms with Crippen molar-refractivity contribution in [2.75, 3.05) is 26.7 Å². The summed E-state index contributed by atoms with van der Waals surface area (Å²) in [7, 11) is 1.89. The maximum atomic E-state index is 10.9. The van der Waals surface area contributed by atoms with Gasteiger partial charge in [0.15, 0.2) is 0 Å². The van der Waals surface area contributed by atoms with Gasteiger partial charge in [-0.1, -0.05) is 0 Å². The molecule has 1 aliphatic carbocycles. The number of carbonyl (C=O) groups is 1. The number of carbonyl (C=O) groups excluding carboxylic acids is 1. The van der Waals surface area contributed by atoms with Crippen LogP contribution in [0.25, 0.3) is 0 Å². The van der Waals surface area contributed by atoms with Gasteiger partial charge in [-0.05, 0) is 57.7 Å². The summed E-state index contributed by atoms with van der Waals surface area (Å²) < 4.78 is 0. The van der Waals surface area contributed by atoms with Gasteiger partial charge in [0.25, 0.3) is 0 Å². The number of amides is 1. The van der Waals surface area contributed by atoms with Gasteiger partial charge in [0.05, 0.1) is 6.07 Å². The first-order valence-corrected chi connectivity index (χ1v) is 7.20. The highest BCUT2D eigenvalue weighted by Gasteiger charge is 2.45. The minimum atomic E-state index is -0.378. The lowest BCUT2D eigenvalue weighted by Crippen LogP contribution is -2.54. The number of nitrogens with one attached hydrogen (secondary N) is 1. The number of likely N-dealkylation sites (tertiary alicyclic amines) is 1. The SMILES string of the molecule is CNC(C#N)(CN1CCC(CC(N)=O)CC1)C1CC1. The van der Waals surface area contributed by atoms with Crippen LogP contribution in [0.1, 0.15) is 32.1 Å². The van der Waals surface area contributed by atoms with E-state index < -0.39 is 0 Å². The molecule has 1 saturated carbocycles. The predicted molar refractivity (Wildman–Crippen MR) is 73.1 cm³/mol. The van der Waals surface area contributed by atoms with Gasteiger partial charge >= 0.3 is 0 Å². The molecular formula is C14H24N4O. The van der Waals surface area contributed by atoms with Crippen LogP contribution in [0.15, 0.2) is 0 Å². The molecule has 19 heavy (non-hydrogen) atoms. The Morgan fingerprint density at radius 1 is 1.42 bits per heavy atom. The molecule has 1 aliphatic heterocycles. The number of likely N-dealkylation sites (N-methyl/N-ethyl adjacent to an activating group) is 1. The van der Waals surface area contributed by atoms with Crippen LogP contribution < -0.4 is 11.1 Å². The average Bonchev–Trinajstić information content (AvgIpc) is 3.22. The number of hydrogen-bond acceptors (Lipinski definition) is 4. The van der Waals surface area contributed by atoms with Crippen LogP contribution in [0.2, 0.25) is 0 Å². The minimum absolute atomic E-state index is 0.196. The third-order valence-electron chi connectivity index (χ3n) is 4.59. The molecule has 0 radical (unpaired) electrons. The van der Waals surface area contributed by atoms with Crippen LogP contribution in [0.4, 0.5) is 0 Å². The van der Waals surface area contributed by atoms with E-state index in [1.165, 1.54) is 0 Å². The van der Waals surface area contributed by atoms with Crippen LogP contribution in [-0.2, 0) is 4.79 Å². The highest BCUT2D eigenvalue weighted by molar-refractivity contribution is 5.73. The Hall–Kier alpha value is -1.12. The van der Waals surface area contributed by atoms with Crippen LogP contribution >= 0.6 is 0 Å². The van der Waals surface area contributed by atoms with Crippen molar-refractivity contribution in [3.8, 4) is 6.07 Å². The smallest absolute Gasteiger partial charge is 0.217 e. The van der Waals surface area contributed by atoms with Crippen molar-refractivity contribution in [1.82, 2.24) is 10.2 Å². The van der Waals surface area contributed by atoms with E-state index in [2.05, 4.69) is 16.3 Å². The summed E-state index contributed by atoms with van der Waals surface area (Å²) in [6, 6.07) is 2.49. The summed E-state index contributed by atoms with van der Waals surface area (Å²) in [5.74, 6) is 0.740. The summed E-state index contributed by atoms with van der Waals surface area (Å²) >= 11 is 0. The number of nitrogens with zero attached hydrogens (tertiary/aromatic N) is 2. The van der Waals surface area contributed by atoms with E-state index in [-0.39, 0.29) is 11.4 Å². The molecule has 2 rings (SSSR count). The molecule has 1 amide bonds. The maximum absolute atomic E-state index is 10.9. The van der Waals surface area contributed by atoms with Crippen molar-refractivity contribution >= 4 is 5.91 Å². The summed E-state index contributed by atoms with van der Waals surface area (Å²) in [5.41, 5.74) is 4.87. The first-order valence-electron chi connectivity index (χ1n) is 7.20. The molecule has 1 heterocycles. The highest BCUT2D eigenvalue weighted by Crippen LogP contribution is 2.40. The Bertz CT molecular complexity index is 366. The number of rotatable bonds is 6. The molecule has 1 unspecified atom stereocenters. The monoisotopic (exact) mass is 264 g/mol. The van der Waals surface area contributed by atoms with Gasteiger partial charge in [0.1, 0.15) is 5.54 Å². The van der Waals surface area contributed by atoms with Gasteiger partial charge in [0.2, 0.25) is 5.91 Å². The molecule has 5 heteroatoms. The molecule has 2 aliphatic rings. The van der Waals surface area contributed by atoms with Crippen molar-refractivity contribution < 1.29 is 4.79 Å². The fourth-order valence-corrected chi connectivity index (χ4v) is 3.16. The lowest BCUT2D eigenvalue weighted by atomic mass is 9.90. The van der Waals surface area contributed by atoms with E-state index in [1.54, 1.807) is 0 Å². The van der Waals surface area contributed by atoms with Gasteiger partial charge < -0.3 is 16.0 Å². The van der Waals surface area contributed by atoms with E-state index >= 15 is 0 Å². The summed E-state index contributed by atoms with van der Waals surface area (Å²) in [5, 5.41) is 12.7. The quantitative estimate of drug-likeness (QED) is 0.730. The number of hydrogen-bond donors (Lipinski definition) is 2. The fourth-order valence-electron chi connectivity index (χ4n) is 3.16. The highest BCUT2D eigenvalue weighted by atomic mass is 16.1. The molecule has 0 aromatic carbocycles. The topological polar surface area (TPSA) is 82.2 Å². The second-order valence-corrected chi connectivity index (χ2v) is 6.00. The van der Waals surface area contributed by atoms with E-state index in [9.17, 15) is 10.1 Å². The molecule has 3 N–H and O–H groups in total. The molecule has 0 spiro atoms. The first kappa shape index (κ1) is 14.3. The Morgan fingerprint density at radius 3 is 2.47 bits per heavy atom. The minimum Gasteiger partial charge on any atom is -0.370 e. The van der Waals surface area contributed by atoms with Gasteiger partial charge in [-0.2, -0.15) is 5.26 Å². The second kappa shape index (κ2) is 5.89. The van der Waals surface area contributed by atoms with Gasteiger partial charge in [-0.25, -0.2) is 0 Å². The number of piperidine rings is 1. The largest absolute Gasteiger partial charge is 0.370 e. The lowest BCUT2D eigenvalue weighted by molar-refractivity contribution is -0.119. The third kappa shape index (κ3) is 3.46. The van der Waals surface area contributed by atoms with Gasteiger partial charge in [-0.15, -0.1) is 0 Å². The zero-order valence-electron chi connectivity index (χ0n) is 11.7. The Kier molecular flexibility index (Phi) is 4.43. The molecule has 0 aromatic rings. The molecule has 5 nitrogen and oxygen atoms in total. The Balaban J connectivity index is 1.84. The van der Waals surface area contributed by atoms with E-state index in [0.29, 0.717) is 18.3 Å². The average molecular weight is 264 g/mol. The van der Waals surface area contributed by atoms with Crippen molar-refractivity contribution in [3.63, 3.8) is 0 Å². The molecule has 0 bridgehead atoms. The van der Waals surface area contributed by atoms with Crippen LogP contribution in [0, 0.1) is 23.2 Å². The first-order chi connectivity index (χ1) is 9.09. The number of nitriles is 1. The van der Waals surface area contributed by atoms with Gasteiger partial charge in [-0.3, -0.25) is 4.79 Å². The van der Waals surface area contributed by atoms with Crippen molar-refractivity contribution in [1.29, 1.82) is 5.26 Å². The fraction of sp³-hybridized carbons (Fsp3) is 0.857. The van der Waals surface area contributed by atoms with Crippen molar-refractivity contribution in [2.24, 2.45) is 17.6 Å². The van der Waals surface area contributed by atoms with E-state index in [0.717, 1.165) is 45.3 Å². The van der Waals surface area contributed by atoms with Gasteiger partial charge in [0, 0.05) is 13.0 Å². The van der Waals surface area contributed by atoms with Crippen LogP contribution in [-0.4, -0.2) is 43.0 Å². The third-order valence-corrected chi connectivity index (χ3v) is 4.59. The molecule has 1 saturated heterocycles. The summed E-state index contributed by atoms with van der Waals surface area (Å²) in [6.07, 6.45) is 4.85. The van der Waals surface area contributed by atoms with E-state index in [1.807, 2.05) is 7.05 Å². The Labute approximate surface area is 115 Å². The zero-order valence-corrected chi connectivity index (χ0v) is 11.7. The molecule has 2 fully saturated rings. The second-order valence-electron chi connectivity index (χ2n) is 6.00. The number of nitrogens with two attached hydrogens (primary N) is 1. The van der Waals surface area contributed by atoms with Crippen molar-refractivity contribution in [3.05, 3.63) is 0 Å². The summed E-state index contributed by atoms with van der Waals surface area (Å²) in [4.78, 5) is 13.3. The summed E-state index contributed by atoms with van der Waals surface area (Å²) in [6.45, 7) is 2.74. The van der Waals surface area contributed by atoms with Crippen LogP contribution in [0.5, 0.6) is 0 Å². The maximum Gasteiger partial charge on any atom is 0.217 e. The molecule has 106 valence electrons. The molecular weight excluding hydrogens is 240 g/mol. The lowest BCUT2D eigenvalue weighted by Gasteiger charge is -2.37. The molecule has 0 aromatic heterocycles. The number of primary amides is 1. The zero-order chi connectivity index (χ0) is 13.9. The van der Waals surface area contributed by atoms with Crippen LogP contribution in [0.3, 0.4) is 0 Å². The normalized spacial score (nSPS) is 24.6. The molecule has 1 atom stereocenters. The van der Waals surface area contributed by atoms with Crippen molar-refractivity contribution in [2.45, 2.75) is 37.6 Å². The Morgan fingerprint density at radius 2 is 2.05 bits per heavy atom. The van der Waals surface area contributed by atoms with E-state index in [4.69, 9.17) is 5.73 Å². The predicted octanol–water partition coefficient (Wildman–Crippen LogP) is 0.466. The standard InChI is InChI=1S/C14H24N4O/c1-17-14(9-15,12-2-3-12)10-18-6-4-11(5-7-18)8-13(16)19/h11-12,17H,2-8,10H2,1H3,(H2,16,19).